The fourth-order valence-corrected chi connectivity index (χ4v) is 4.26. The van der Waals surface area contributed by atoms with Crippen molar-refractivity contribution >= 4 is 11.7 Å². The van der Waals surface area contributed by atoms with Crippen LogP contribution in [0.5, 0.6) is 17.2 Å². The van der Waals surface area contributed by atoms with Crippen LogP contribution in [0.4, 0.5) is 5.82 Å². The third kappa shape index (κ3) is 4.18. The molecule has 0 bridgehead atoms. The van der Waals surface area contributed by atoms with Crippen molar-refractivity contribution < 1.29 is 28.8 Å². The topological polar surface area (TPSA) is 99.1 Å². The van der Waals surface area contributed by atoms with Gasteiger partial charge in [0, 0.05) is 17.3 Å². The van der Waals surface area contributed by atoms with Gasteiger partial charge in [0.2, 0.25) is 12.7 Å². The predicted molar refractivity (Wildman–Crippen MR) is 124 cm³/mol. The monoisotopic (exact) mass is 462 g/mol. The summed E-state index contributed by atoms with van der Waals surface area (Å²) in [6.45, 7) is 0.264. The van der Waals surface area contributed by atoms with Gasteiger partial charge in [0.05, 0.1) is 25.7 Å². The quantitative estimate of drug-likeness (QED) is 0.501. The van der Waals surface area contributed by atoms with Crippen LogP contribution in [-0.4, -0.2) is 43.1 Å². The third-order valence-corrected chi connectivity index (χ3v) is 6.24. The maximum Gasteiger partial charge on any atom is 0.236 e. The molecule has 2 N–H and O–H groups in total. The molecule has 1 saturated carbocycles. The Morgan fingerprint density at radius 1 is 1.15 bits per heavy atom. The molecule has 2 aromatic carbocycles. The zero-order chi connectivity index (χ0) is 23.5. The summed E-state index contributed by atoms with van der Waals surface area (Å²) in [5.74, 6) is 2.42. The number of carbonyl (C=O) groups is 1. The van der Waals surface area contributed by atoms with Crippen molar-refractivity contribution in [3.63, 3.8) is 0 Å². The van der Waals surface area contributed by atoms with Crippen LogP contribution in [0.1, 0.15) is 35.6 Å². The molecule has 8 nitrogen and oxygen atoms in total. The van der Waals surface area contributed by atoms with Gasteiger partial charge in [-0.15, -0.1) is 0 Å². The van der Waals surface area contributed by atoms with Crippen molar-refractivity contribution in [3.8, 4) is 17.2 Å². The molecule has 1 aromatic heterocycles. The molecule has 0 radical (unpaired) electrons. The number of fused-ring (bicyclic) bond motifs is 1. The van der Waals surface area contributed by atoms with Gasteiger partial charge < -0.3 is 29.4 Å². The molecule has 0 saturated heterocycles. The molecule has 2 heterocycles. The number of anilines is 1. The predicted octanol–water partition coefficient (Wildman–Crippen LogP) is 3.59. The molecule has 8 heteroatoms. The van der Waals surface area contributed by atoms with Crippen LogP contribution in [0.15, 0.2) is 60.8 Å². The zero-order valence-electron chi connectivity index (χ0n) is 18.8. The van der Waals surface area contributed by atoms with Crippen LogP contribution < -0.4 is 19.5 Å². The van der Waals surface area contributed by atoms with Crippen molar-refractivity contribution in [1.29, 1.82) is 0 Å². The smallest absolute Gasteiger partial charge is 0.236 e. The molecular weight excluding hydrogens is 436 g/mol. The fraction of sp³-hybridized carbons (Fsp3) is 0.308. The Balaban J connectivity index is 1.33. The van der Waals surface area contributed by atoms with Crippen molar-refractivity contribution in [1.82, 2.24) is 4.98 Å². The zero-order valence-corrected chi connectivity index (χ0v) is 18.8. The molecule has 3 aromatic rings. The Morgan fingerprint density at radius 3 is 2.71 bits per heavy atom. The van der Waals surface area contributed by atoms with Gasteiger partial charge in [0.15, 0.2) is 11.5 Å². The number of aliphatic hydroxyl groups excluding tert-OH is 1. The van der Waals surface area contributed by atoms with Crippen LogP contribution in [0, 0.1) is 0 Å². The number of nitrogens with zero attached hydrogens (tertiary/aromatic N) is 1. The Morgan fingerprint density at radius 2 is 1.97 bits per heavy atom. The Bertz CT molecular complexity index is 1180. The number of carbonyl (C=O) groups excluding carboxylic acids is 1. The highest BCUT2D eigenvalue weighted by Gasteiger charge is 2.51. The minimum Gasteiger partial charge on any atom is -0.496 e. The third-order valence-electron chi connectivity index (χ3n) is 6.24. The van der Waals surface area contributed by atoms with Crippen LogP contribution in [0.25, 0.3) is 0 Å². The first-order valence-electron chi connectivity index (χ1n) is 11.2. The molecule has 1 unspecified atom stereocenters. The number of methoxy groups -OCH3 is 1. The standard InChI is InChI=1S/C26H26N2O6/c1-31-20-5-3-2-4-19(20)24(32-13-12-29)17-6-9-23(27-15-17)28-25(30)26(10-11-26)18-7-8-21-22(14-18)34-16-33-21/h2-9,14-15,24,29H,10-13,16H2,1H3,(H,27,28,30). The molecule has 176 valence electrons. The summed E-state index contributed by atoms with van der Waals surface area (Å²) in [6, 6.07) is 16.8. The fourth-order valence-electron chi connectivity index (χ4n) is 4.26. The van der Waals surface area contributed by atoms with Crippen molar-refractivity contribution in [2.75, 3.05) is 32.4 Å². The lowest BCUT2D eigenvalue weighted by atomic mass is 9.94. The lowest BCUT2D eigenvalue weighted by Crippen LogP contribution is -2.28. The van der Waals surface area contributed by atoms with E-state index in [0.29, 0.717) is 23.1 Å². The van der Waals surface area contributed by atoms with E-state index in [4.69, 9.17) is 18.9 Å². The summed E-state index contributed by atoms with van der Waals surface area (Å²) in [5, 5.41) is 12.2. The van der Waals surface area contributed by atoms with E-state index in [2.05, 4.69) is 10.3 Å². The van der Waals surface area contributed by atoms with Gasteiger partial charge in [0.1, 0.15) is 17.7 Å². The number of amides is 1. The average Bonchev–Trinajstić information content (AvgIpc) is 3.56. The number of aliphatic hydroxyl groups is 1. The lowest BCUT2D eigenvalue weighted by Gasteiger charge is -2.21. The van der Waals surface area contributed by atoms with Crippen LogP contribution in [0.2, 0.25) is 0 Å². The van der Waals surface area contributed by atoms with Gasteiger partial charge in [0.25, 0.3) is 0 Å². The molecule has 34 heavy (non-hydrogen) atoms. The van der Waals surface area contributed by atoms with Crippen molar-refractivity contribution in [2.45, 2.75) is 24.4 Å². The van der Waals surface area contributed by atoms with Crippen molar-refractivity contribution in [2.24, 2.45) is 0 Å². The number of benzene rings is 2. The second-order valence-corrected chi connectivity index (χ2v) is 8.30. The molecule has 1 aliphatic heterocycles. The molecule has 1 atom stereocenters. The van der Waals surface area contributed by atoms with Gasteiger partial charge >= 0.3 is 0 Å². The van der Waals surface area contributed by atoms with Gasteiger partial charge in [-0.05, 0) is 42.7 Å². The second kappa shape index (κ2) is 9.32. The first-order valence-corrected chi connectivity index (χ1v) is 11.2. The molecule has 2 aliphatic rings. The summed E-state index contributed by atoms with van der Waals surface area (Å²) in [4.78, 5) is 17.6. The Labute approximate surface area is 197 Å². The van der Waals surface area contributed by atoms with Crippen LogP contribution in [0.3, 0.4) is 0 Å². The highest BCUT2D eigenvalue weighted by Crippen LogP contribution is 2.51. The number of pyridine rings is 1. The van der Waals surface area contributed by atoms with E-state index in [1.807, 2.05) is 48.5 Å². The van der Waals surface area contributed by atoms with E-state index in [1.54, 1.807) is 19.4 Å². The minimum atomic E-state index is -0.578. The Kier molecular flexibility index (Phi) is 6.08. The van der Waals surface area contributed by atoms with Gasteiger partial charge in [-0.3, -0.25) is 4.79 Å². The number of para-hydroxylation sites is 1. The van der Waals surface area contributed by atoms with E-state index >= 15 is 0 Å². The highest BCUT2D eigenvalue weighted by molar-refractivity contribution is 6.01. The largest absolute Gasteiger partial charge is 0.496 e. The summed E-state index contributed by atoms with van der Waals surface area (Å²) >= 11 is 0. The highest BCUT2D eigenvalue weighted by atomic mass is 16.7. The second-order valence-electron chi connectivity index (χ2n) is 8.30. The maximum atomic E-state index is 13.2. The maximum absolute atomic E-state index is 13.2. The first kappa shape index (κ1) is 22.2. The van der Waals surface area contributed by atoms with E-state index in [0.717, 1.165) is 29.5 Å². The van der Waals surface area contributed by atoms with E-state index in [9.17, 15) is 9.90 Å². The molecule has 1 aliphatic carbocycles. The summed E-state index contributed by atoms with van der Waals surface area (Å²) in [5.41, 5.74) is 1.95. The van der Waals surface area contributed by atoms with E-state index in [-0.39, 0.29) is 25.9 Å². The van der Waals surface area contributed by atoms with E-state index in [1.165, 1.54) is 0 Å². The average molecular weight is 463 g/mol. The first-order chi connectivity index (χ1) is 16.6. The van der Waals surface area contributed by atoms with Crippen LogP contribution in [-0.2, 0) is 14.9 Å². The number of hydrogen-bond donors (Lipinski definition) is 2. The SMILES string of the molecule is COc1ccccc1C(OCCO)c1ccc(NC(=O)C2(c3ccc4c(c3)OCO4)CC2)nc1. The van der Waals surface area contributed by atoms with E-state index < -0.39 is 11.5 Å². The molecular formula is C26H26N2O6. The normalized spacial score (nSPS) is 16.1. The van der Waals surface area contributed by atoms with Gasteiger partial charge in [-0.25, -0.2) is 4.98 Å². The summed E-state index contributed by atoms with van der Waals surface area (Å²) in [6.07, 6.45) is 2.73. The number of ether oxygens (including phenoxy) is 4. The molecule has 0 spiro atoms. The molecule has 1 fully saturated rings. The molecule has 1 amide bonds. The summed E-state index contributed by atoms with van der Waals surface area (Å²) < 4.78 is 22.2. The molecule has 5 rings (SSSR count). The number of aromatic nitrogens is 1. The van der Waals surface area contributed by atoms with Gasteiger partial charge in [-0.1, -0.05) is 30.3 Å². The number of nitrogens with one attached hydrogen (secondary N) is 1. The van der Waals surface area contributed by atoms with Gasteiger partial charge in [-0.2, -0.15) is 0 Å². The summed E-state index contributed by atoms with van der Waals surface area (Å²) in [7, 11) is 1.60. The minimum absolute atomic E-state index is 0.0931. The lowest BCUT2D eigenvalue weighted by molar-refractivity contribution is -0.118. The van der Waals surface area contributed by atoms with Crippen molar-refractivity contribution in [3.05, 3.63) is 77.5 Å². The van der Waals surface area contributed by atoms with Crippen LogP contribution >= 0.6 is 0 Å². The Hall–Kier alpha value is -3.62. The number of rotatable bonds is 9. The number of hydrogen-bond acceptors (Lipinski definition) is 7.